The molecule has 0 saturated heterocycles. The highest BCUT2D eigenvalue weighted by atomic mass is 79.9. The zero-order valence-electron chi connectivity index (χ0n) is 23.3. The van der Waals surface area contributed by atoms with E-state index < -0.39 is 11.6 Å². The van der Waals surface area contributed by atoms with Gasteiger partial charge in [0.05, 0.1) is 6.61 Å². The number of nitrogens with zero attached hydrogens (tertiary/aromatic N) is 2. The van der Waals surface area contributed by atoms with E-state index in [1.165, 1.54) is 0 Å². The molecule has 41 heavy (non-hydrogen) atoms. The third kappa shape index (κ3) is 8.17. The van der Waals surface area contributed by atoms with Gasteiger partial charge in [-0.2, -0.15) is 0 Å². The molecule has 0 spiro atoms. The van der Waals surface area contributed by atoms with Crippen LogP contribution in [0, 0.1) is 0 Å². The number of aliphatic imine (C=N–C) groups is 1. The highest BCUT2D eigenvalue weighted by molar-refractivity contribution is 9.10. The van der Waals surface area contributed by atoms with E-state index in [9.17, 15) is 4.79 Å². The lowest BCUT2D eigenvalue weighted by molar-refractivity contribution is -0.130. The van der Waals surface area contributed by atoms with Crippen LogP contribution >= 0.6 is 31.9 Å². The Morgan fingerprint density at radius 3 is 2.46 bits per heavy atom. The lowest BCUT2D eigenvalue weighted by Crippen LogP contribution is -2.54. The molecule has 1 amide bonds. The zero-order chi connectivity index (χ0) is 29.2. The van der Waals surface area contributed by atoms with Crippen LogP contribution in [0.5, 0.6) is 5.75 Å². The summed E-state index contributed by atoms with van der Waals surface area (Å²) < 4.78 is 14.1. The van der Waals surface area contributed by atoms with Crippen LogP contribution in [0.1, 0.15) is 35.6 Å². The van der Waals surface area contributed by atoms with E-state index in [1.54, 1.807) is 0 Å². The number of hydrogen-bond donors (Lipinski definition) is 3. The fourth-order valence-corrected chi connectivity index (χ4v) is 5.28. The molecule has 2 atom stereocenters. The van der Waals surface area contributed by atoms with Crippen LogP contribution in [0.2, 0.25) is 0 Å². The first-order valence-electron chi connectivity index (χ1n) is 13.6. The van der Waals surface area contributed by atoms with Gasteiger partial charge in [0.15, 0.2) is 11.6 Å². The minimum absolute atomic E-state index is 0.0758. The fourth-order valence-electron chi connectivity index (χ4n) is 4.59. The molecule has 1 heterocycles. The summed E-state index contributed by atoms with van der Waals surface area (Å²) in [6.45, 7) is 2.02. The molecule has 0 saturated carbocycles. The van der Waals surface area contributed by atoms with Crippen molar-refractivity contribution >= 4 is 43.7 Å². The fraction of sp³-hybridized carbons (Fsp3) is 0.355. The summed E-state index contributed by atoms with van der Waals surface area (Å²) in [7, 11) is 4.04. The maximum atomic E-state index is 14.2. The molecule has 0 aliphatic carbocycles. The molecule has 1 aliphatic heterocycles. The molecule has 4 rings (SSSR count). The lowest BCUT2D eigenvalue weighted by Gasteiger charge is -2.31. The van der Waals surface area contributed by atoms with Crippen molar-refractivity contribution in [2.45, 2.75) is 30.9 Å². The number of benzene rings is 3. The molecular formula is C31H36Br2N4O4. The third-order valence-corrected chi connectivity index (χ3v) is 8.03. The van der Waals surface area contributed by atoms with Crippen LogP contribution in [0.15, 0.2) is 86.7 Å². The second kappa shape index (κ2) is 14.9. The predicted molar refractivity (Wildman–Crippen MR) is 168 cm³/mol. The Morgan fingerprint density at radius 1 is 1.05 bits per heavy atom. The number of rotatable bonds is 14. The number of aliphatic hydroxyl groups is 1. The Balaban J connectivity index is 1.71. The van der Waals surface area contributed by atoms with E-state index in [1.807, 2.05) is 86.9 Å². The second-order valence-electron chi connectivity index (χ2n) is 10.1. The first-order chi connectivity index (χ1) is 19.8. The standard InChI is InChI=1S/C31H36Br2N4O4/c1-37(2)18-5-17-34-36-30(39)31(21-24-7-3-4-8-27(24)33)28(22-9-13-25(32)14-10-22)41-29(35-31)23-11-15-26(16-12-23)40-20-6-19-38/h3-4,7-16,28,34,38H,5-6,17-21H2,1-2H3,(H,36,39)/t28-,31-/m0/s1. The Kier molecular flexibility index (Phi) is 11.4. The van der Waals surface area contributed by atoms with Gasteiger partial charge >= 0.3 is 0 Å². The van der Waals surface area contributed by atoms with E-state index in [0.717, 1.165) is 38.6 Å². The van der Waals surface area contributed by atoms with Gasteiger partial charge in [0.25, 0.3) is 5.91 Å². The molecule has 8 nitrogen and oxygen atoms in total. The third-order valence-electron chi connectivity index (χ3n) is 6.73. The van der Waals surface area contributed by atoms with Crippen LogP contribution in [0.4, 0.5) is 0 Å². The lowest BCUT2D eigenvalue weighted by atomic mass is 9.82. The Hall–Kier alpha value is -2.76. The number of hydrogen-bond acceptors (Lipinski definition) is 7. The van der Waals surface area contributed by atoms with Crippen molar-refractivity contribution in [1.29, 1.82) is 0 Å². The van der Waals surface area contributed by atoms with Gasteiger partial charge in [0, 0.05) is 40.5 Å². The van der Waals surface area contributed by atoms with Gasteiger partial charge in [0.2, 0.25) is 5.90 Å². The van der Waals surface area contributed by atoms with Gasteiger partial charge in [0.1, 0.15) is 5.75 Å². The van der Waals surface area contributed by atoms with Crippen LogP contribution in [0.25, 0.3) is 0 Å². The number of nitrogens with one attached hydrogen (secondary N) is 2. The van der Waals surface area contributed by atoms with E-state index >= 15 is 0 Å². The van der Waals surface area contributed by atoms with Gasteiger partial charge in [-0.3, -0.25) is 10.2 Å². The van der Waals surface area contributed by atoms with Crippen molar-refractivity contribution < 1.29 is 19.4 Å². The smallest absolute Gasteiger partial charge is 0.266 e. The molecule has 3 aromatic carbocycles. The molecule has 3 N–H and O–H groups in total. The van der Waals surface area contributed by atoms with Crippen LogP contribution < -0.4 is 15.6 Å². The maximum absolute atomic E-state index is 14.2. The predicted octanol–water partition coefficient (Wildman–Crippen LogP) is 5.04. The van der Waals surface area contributed by atoms with Gasteiger partial charge in [-0.1, -0.05) is 62.2 Å². The van der Waals surface area contributed by atoms with Crippen molar-refractivity contribution in [1.82, 2.24) is 15.8 Å². The Labute approximate surface area is 258 Å². The van der Waals surface area contributed by atoms with Crippen LogP contribution in [-0.4, -0.2) is 67.7 Å². The average Bonchev–Trinajstić information content (AvgIpc) is 3.35. The van der Waals surface area contributed by atoms with Gasteiger partial charge in [-0.05, 0) is 80.7 Å². The highest BCUT2D eigenvalue weighted by Gasteiger charge is 2.53. The van der Waals surface area contributed by atoms with Gasteiger partial charge < -0.3 is 19.5 Å². The highest BCUT2D eigenvalue weighted by Crippen LogP contribution is 2.43. The number of halogens is 2. The first-order valence-corrected chi connectivity index (χ1v) is 15.2. The van der Waals surface area contributed by atoms with E-state index in [0.29, 0.717) is 37.6 Å². The molecule has 10 heteroatoms. The zero-order valence-corrected chi connectivity index (χ0v) is 26.4. The summed E-state index contributed by atoms with van der Waals surface area (Å²) in [5.74, 6) is 0.795. The quantitative estimate of drug-likeness (QED) is 0.162. The SMILES string of the molecule is CN(C)CCCNNC(=O)[C@@]1(Cc2ccccc2Br)N=C(c2ccc(OCCCO)cc2)O[C@H]1c1ccc(Br)cc1. The van der Waals surface area contributed by atoms with Gasteiger partial charge in [-0.25, -0.2) is 10.4 Å². The topological polar surface area (TPSA) is 95.4 Å². The number of amides is 1. The van der Waals surface area contributed by atoms with E-state index in [4.69, 9.17) is 19.6 Å². The van der Waals surface area contributed by atoms with Crippen LogP contribution in [0.3, 0.4) is 0 Å². The molecule has 0 fully saturated rings. The van der Waals surface area contributed by atoms with E-state index in [-0.39, 0.29) is 12.5 Å². The van der Waals surface area contributed by atoms with Crippen molar-refractivity contribution in [3.63, 3.8) is 0 Å². The first kappa shape index (κ1) is 31.2. The summed E-state index contributed by atoms with van der Waals surface area (Å²) in [5.41, 5.74) is 7.27. The summed E-state index contributed by atoms with van der Waals surface area (Å²) in [5, 5.41) is 9.03. The summed E-state index contributed by atoms with van der Waals surface area (Å²) in [4.78, 5) is 21.3. The Morgan fingerprint density at radius 2 is 1.78 bits per heavy atom. The molecule has 0 bridgehead atoms. The van der Waals surface area contributed by atoms with Gasteiger partial charge in [-0.15, -0.1) is 0 Å². The minimum Gasteiger partial charge on any atom is -0.494 e. The summed E-state index contributed by atoms with van der Waals surface area (Å²) >= 11 is 7.18. The number of carbonyl (C=O) groups is 1. The molecular weight excluding hydrogens is 652 g/mol. The summed E-state index contributed by atoms with van der Waals surface area (Å²) in [6, 6.07) is 23.1. The average molecular weight is 688 g/mol. The van der Waals surface area contributed by atoms with E-state index in [2.05, 4.69) is 47.6 Å². The number of carbonyl (C=O) groups excluding carboxylic acids is 1. The molecule has 0 aromatic heterocycles. The van der Waals surface area contributed by atoms with Crippen molar-refractivity contribution in [2.75, 3.05) is 40.4 Å². The molecule has 0 radical (unpaired) electrons. The van der Waals surface area contributed by atoms with Crippen molar-refractivity contribution in [3.8, 4) is 5.75 Å². The monoisotopic (exact) mass is 686 g/mol. The number of ether oxygens (including phenoxy) is 2. The molecule has 3 aromatic rings. The Bertz CT molecular complexity index is 1320. The minimum atomic E-state index is -1.29. The number of aliphatic hydroxyl groups excluding tert-OH is 1. The normalized spacial score (nSPS) is 18.2. The number of hydrazine groups is 1. The summed E-state index contributed by atoms with van der Waals surface area (Å²) in [6.07, 6.45) is 1.06. The van der Waals surface area contributed by atoms with Crippen molar-refractivity contribution in [2.24, 2.45) is 4.99 Å². The maximum Gasteiger partial charge on any atom is 0.266 e. The molecule has 0 unspecified atom stereocenters. The largest absolute Gasteiger partial charge is 0.494 e. The molecule has 1 aliphatic rings. The van der Waals surface area contributed by atoms with Crippen molar-refractivity contribution in [3.05, 3.63) is 98.4 Å². The second-order valence-corrected chi connectivity index (χ2v) is 11.9. The van der Waals surface area contributed by atoms with Crippen LogP contribution in [-0.2, 0) is 16.0 Å². The molecule has 218 valence electrons.